The number of rotatable bonds is 6. The molecule has 0 N–H and O–H groups in total. The molecule has 2 aromatic carbocycles. The number of carbonyl (C=O) groups is 2. The van der Waals surface area contributed by atoms with Gasteiger partial charge in [0, 0.05) is 10.6 Å². The number of imide groups is 1. The second-order valence-corrected chi connectivity index (χ2v) is 7.29. The molecular formula is C20H17ClFNO3S. The number of halogens is 2. The van der Waals surface area contributed by atoms with Crippen molar-refractivity contribution in [1.29, 1.82) is 0 Å². The van der Waals surface area contributed by atoms with Crippen LogP contribution in [0.15, 0.2) is 47.4 Å². The van der Waals surface area contributed by atoms with Crippen LogP contribution in [0.1, 0.15) is 24.5 Å². The zero-order chi connectivity index (χ0) is 19.4. The zero-order valence-corrected chi connectivity index (χ0v) is 16.1. The third kappa shape index (κ3) is 4.51. The lowest BCUT2D eigenvalue weighted by atomic mass is 10.1. The number of carbonyl (C=O) groups excluding carboxylic acids is 2. The molecule has 27 heavy (non-hydrogen) atoms. The lowest BCUT2D eigenvalue weighted by molar-refractivity contribution is -0.123. The Morgan fingerprint density at radius 2 is 2.00 bits per heavy atom. The lowest BCUT2D eigenvalue weighted by Gasteiger charge is -2.13. The van der Waals surface area contributed by atoms with Crippen LogP contribution in [0.5, 0.6) is 5.75 Å². The Morgan fingerprint density at radius 3 is 2.74 bits per heavy atom. The number of hydrogen-bond donors (Lipinski definition) is 0. The zero-order valence-electron chi connectivity index (χ0n) is 14.6. The van der Waals surface area contributed by atoms with Gasteiger partial charge in [-0.2, -0.15) is 0 Å². The summed E-state index contributed by atoms with van der Waals surface area (Å²) in [7, 11) is 0. The van der Waals surface area contributed by atoms with Crippen LogP contribution in [0.2, 0.25) is 5.02 Å². The van der Waals surface area contributed by atoms with E-state index in [1.165, 1.54) is 12.1 Å². The highest BCUT2D eigenvalue weighted by atomic mass is 35.5. The van der Waals surface area contributed by atoms with Crippen molar-refractivity contribution in [3.8, 4) is 5.75 Å². The van der Waals surface area contributed by atoms with Gasteiger partial charge >= 0.3 is 0 Å². The standard InChI is InChI=1S/C20H17ClFNO3S/c1-2-9-26-17-6-4-3-5-13(17)10-18-19(24)23(20(25)27-18)12-14-7-8-15(22)11-16(14)21/h3-8,10-11H,2,9,12H2,1H3/b18-10+. The minimum absolute atomic E-state index is 0.00486. The Labute approximate surface area is 166 Å². The SMILES string of the molecule is CCCOc1ccccc1/C=C1/SC(=O)N(Cc2ccc(F)cc2Cl)C1=O. The largest absolute Gasteiger partial charge is 0.493 e. The first-order valence-electron chi connectivity index (χ1n) is 8.40. The van der Waals surface area contributed by atoms with E-state index in [9.17, 15) is 14.0 Å². The first-order valence-corrected chi connectivity index (χ1v) is 9.60. The van der Waals surface area contributed by atoms with Crippen LogP contribution in [-0.4, -0.2) is 22.7 Å². The average molecular weight is 406 g/mol. The van der Waals surface area contributed by atoms with Gasteiger partial charge in [0.05, 0.1) is 18.1 Å². The molecule has 1 heterocycles. The second-order valence-electron chi connectivity index (χ2n) is 5.89. The maximum atomic E-state index is 13.2. The molecule has 0 bridgehead atoms. The predicted molar refractivity (Wildman–Crippen MR) is 105 cm³/mol. The van der Waals surface area contributed by atoms with Gasteiger partial charge < -0.3 is 4.74 Å². The normalized spacial score (nSPS) is 15.7. The lowest BCUT2D eigenvalue weighted by Crippen LogP contribution is -2.27. The molecule has 3 rings (SSSR count). The first kappa shape index (κ1) is 19.5. The van der Waals surface area contributed by atoms with Gasteiger partial charge in [-0.25, -0.2) is 4.39 Å². The van der Waals surface area contributed by atoms with Gasteiger partial charge in [0.1, 0.15) is 11.6 Å². The summed E-state index contributed by atoms with van der Waals surface area (Å²) in [5.74, 6) is -0.218. The van der Waals surface area contributed by atoms with Crippen LogP contribution >= 0.6 is 23.4 Å². The van der Waals surface area contributed by atoms with Crippen molar-refractivity contribution in [2.24, 2.45) is 0 Å². The molecule has 0 unspecified atom stereocenters. The molecule has 0 saturated carbocycles. The summed E-state index contributed by atoms with van der Waals surface area (Å²) in [5.41, 5.74) is 1.24. The van der Waals surface area contributed by atoms with Crippen LogP contribution in [-0.2, 0) is 11.3 Å². The maximum absolute atomic E-state index is 13.2. The highest BCUT2D eigenvalue weighted by Crippen LogP contribution is 2.35. The Bertz CT molecular complexity index is 916. The number of benzene rings is 2. The summed E-state index contributed by atoms with van der Waals surface area (Å²) in [4.78, 5) is 26.4. The van der Waals surface area contributed by atoms with Crippen molar-refractivity contribution in [1.82, 2.24) is 4.90 Å². The smallest absolute Gasteiger partial charge is 0.293 e. The first-order chi connectivity index (χ1) is 13.0. The molecule has 1 aliphatic heterocycles. The summed E-state index contributed by atoms with van der Waals surface area (Å²) in [5, 5.41) is -0.213. The fourth-order valence-electron chi connectivity index (χ4n) is 2.54. The molecule has 0 radical (unpaired) electrons. The van der Waals surface area contributed by atoms with E-state index in [4.69, 9.17) is 16.3 Å². The van der Waals surface area contributed by atoms with Gasteiger partial charge in [-0.3, -0.25) is 14.5 Å². The number of amides is 2. The van der Waals surface area contributed by atoms with Gasteiger partial charge in [0.25, 0.3) is 11.1 Å². The van der Waals surface area contributed by atoms with Crippen molar-refractivity contribution < 1.29 is 18.7 Å². The summed E-state index contributed by atoms with van der Waals surface area (Å²) in [6.07, 6.45) is 2.52. The molecule has 1 aliphatic rings. The maximum Gasteiger partial charge on any atom is 0.293 e. The molecule has 4 nitrogen and oxygen atoms in total. The van der Waals surface area contributed by atoms with E-state index in [1.54, 1.807) is 6.08 Å². The predicted octanol–water partition coefficient (Wildman–Crippen LogP) is 5.50. The molecule has 0 aliphatic carbocycles. The minimum Gasteiger partial charge on any atom is -0.493 e. The third-order valence-corrected chi connectivity index (χ3v) is 5.14. The third-order valence-electron chi connectivity index (χ3n) is 3.88. The molecule has 0 spiro atoms. The van der Waals surface area contributed by atoms with E-state index in [0.717, 1.165) is 34.7 Å². The highest BCUT2D eigenvalue weighted by molar-refractivity contribution is 8.18. The van der Waals surface area contributed by atoms with Crippen molar-refractivity contribution in [2.45, 2.75) is 19.9 Å². The summed E-state index contributed by atoms with van der Waals surface area (Å²) in [6.45, 7) is 2.57. The number of para-hydroxylation sites is 1. The van der Waals surface area contributed by atoms with Gasteiger partial charge in [-0.15, -0.1) is 0 Å². The molecule has 0 atom stereocenters. The number of hydrogen-bond acceptors (Lipinski definition) is 4. The van der Waals surface area contributed by atoms with E-state index < -0.39 is 17.0 Å². The number of thioether (sulfide) groups is 1. The Kier molecular flexibility index (Phi) is 6.19. The highest BCUT2D eigenvalue weighted by Gasteiger charge is 2.35. The number of nitrogens with zero attached hydrogens (tertiary/aromatic N) is 1. The van der Waals surface area contributed by atoms with Crippen molar-refractivity contribution in [2.75, 3.05) is 6.61 Å². The summed E-state index contributed by atoms with van der Waals surface area (Å²) in [6, 6.07) is 11.2. The van der Waals surface area contributed by atoms with Crippen LogP contribution in [0.25, 0.3) is 6.08 Å². The summed E-state index contributed by atoms with van der Waals surface area (Å²) >= 11 is 6.87. The average Bonchev–Trinajstić information content (AvgIpc) is 2.90. The van der Waals surface area contributed by atoms with E-state index in [-0.39, 0.29) is 11.6 Å². The van der Waals surface area contributed by atoms with Crippen molar-refractivity contribution in [3.05, 3.63) is 69.3 Å². The van der Waals surface area contributed by atoms with E-state index in [2.05, 4.69) is 0 Å². The van der Waals surface area contributed by atoms with Crippen LogP contribution in [0, 0.1) is 5.82 Å². The van der Waals surface area contributed by atoms with E-state index >= 15 is 0 Å². The molecule has 1 saturated heterocycles. The monoisotopic (exact) mass is 405 g/mol. The Balaban J connectivity index is 1.83. The minimum atomic E-state index is -0.471. The second kappa shape index (κ2) is 8.59. The van der Waals surface area contributed by atoms with E-state index in [0.29, 0.717) is 22.8 Å². The van der Waals surface area contributed by atoms with Crippen molar-refractivity contribution >= 4 is 40.6 Å². The summed E-state index contributed by atoms with van der Waals surface area (Å²) < 4.78 is 18.9. The van der Waals surface area contributed by atoms with Gasteiger partial charge in [-0.1, -0.05) is 42.8 Å². The van der Waals surface area contributed by atoms with Crippen LogP contribution < -0.4 is 4.74 Å². The molecule has 7 heteroatoms. The van der Waals surface area contributed by atoms with E-state index in [1.807, 2.05) is 31.2 Å². The number of ether oxygens (including phenoxy) is 1. The van der Waals surface area contributed by atoms with Crippen LogP contribution in [0.3, 0.4) is 0 Å². The van der Waals surface area contributed by atoms with Gasteiger partial charge in [0.15, 0.2) is 0 Å². The van der Waals surface area contributed by atoms with Crippen molar-refractivity contribution in [3.63, 3.8) is 0 Å². The Morgan fingerprint density at radius 1 is 1.22 bits per heavy atom. The molecule has 0 aromatic heterocycles. The van der Waals surface area contributed by atoms with Gasteiger partial charge in [0.2, 0.25) is 0 Å². The quantitative estimate of drug-likeness (QED) is 0.595. The molecule has 140 valence electrons. The van der Waals surface area contributed by atoms with Gasteiger partial charge in [-0.05, 0) is 48.0 Å². The molecular weight excluding hydrogens is 389 g/mol. The molecule has 1 fully saturated rings. The van der Waals surface area contributed by atoms with Crippen LogP contribution in [0.4, 0.5) is 9.18 Å². The fraction of sp³-hybridized carbons (Fsp3) is 0.200. The fourth-order valence-corrected chi connectivity index (χ4v) is 3.60. The molecule has 2 aromatic rings. The topological polar surface area (TPSA) is 46.6 Å². The molecule has 2 amide bonds. The Hall–Kier alpha value is -2.31.